The fraction of sp³-hybridized carbons (Fsp3) is 0.355. The molecule has 0 nitrogen and oxygen atoms in total. The Morgan fingerprint density at radius 3 is 2.12 bits per heavy atom. The number of allylic oxidation sites excluding steroid dienone is 2. The number of benzene rings is 3. The molecule has 0 N–H and O–H groups in total. The first kappa shape index (κ1) is 24.3. The van der Waals surface area contributed by atoms with Crippen molar-refractivity contribution >= 4 is 0 Å². The van der Waals surface area contributed by atoms with Crippen LogP contribution in [-0.4, -0.2) is 0 Å². The number of halogens is 3. The fourth-order valence-corrected chi connectivity index (χ4v) is 4.92. The van der Waals surface area contributed by atoms with Gasteiger partial charge in [0, 0.05) is 5.56 Å². The molecular formula is C31H33F3. The molecule has 1 fully saturated rings. The van der Waals surface area contributed by atoms with E-state index in [1.165, 1.54) is 0 Å². The number of rotatable bonds is 7. The lowest BCUT2D eigenvalue weighted by Crippen LogP contribution is -2.12. The molecule has 178 valence electrons. The summed E-state index contributed by atoms with van der Waals surface area (Å²) in [5.74, 6) is -0.744. The lowest BCUT2D eigenvalue weighted by molar-refractivity contribution is 0.342. The summed E-state index contributed by atoms with van der Waals surface area (Å²) in [6, 6.07) is 16.0. The van der Waals surface area contributed by atoms with E-state index in [2.05, 4.69) is 13.8 Å². The maximum Gasteiger partial charge on any atom is 0.166 e. The Hall–Kier alpha value is -2.81. The Morgan fingerprint density at radius 1 is 0.765 bits per heavy atom. The summed E-state index contributed by atoms with van der Waals surface area (Å²) in [5, 5.41) is 0. The zero-order valence-corrected chi connectivity index (χ0v) is 20.1. The van der Waals surface area contributed by atoms with E-state index < -0.39 is 11.6 Å². The van der Waals surface area contributed by atoms with E-state index in [4.69, 9.17) is 0 Å². The standard InChI is InChI=1S/C31H33F3/c1-3-4-5-6-7-25-16-19-28(31(34)30(25)33)24-14-12-22(13-15-24)26-17-18-27(29(32)20-26)23-10-8-21(2)9-11-23/h5-6,12-21,23H,3-4,7-11H2,1-2H3/b6-5-. The molecule has 34 heavy (non-hydrogen) atoms. The van der Waals surface area contributed by atoms with E-state index in [0.29, 0.717) is 23.5 Å². The third kappa shape index (κ3) is 5.46. The Morgan fingerprint density at radius 2 is 1.44 bits per heavy atom. The van der Waals surface area contributed by atoms with Crippen molar-refractivity contribution in [2.45, 2.75) is 64.7 Å². The van der Waals surface area contributed by atoms with Gasteiger partial charge in [-0.1, -0.05) is 93.8 Å². The summed E-state index contributed by atoms with van der Waals surface area (Å²) < 4.78 is 44.3. The molecule has 0 radical (unpaired) electrons. The van der Waals surface area contributed by atoms with Crippen molar-refractivity contribution in [2.75, 3.05) is 0 Å². The van der Waals surface area contributed by atoms with Crippen LogP contribution in [0.1, 0.15) is 69.4 Å². The van der Waals surface area contributed by atoms with Crippen molar-refractivity contribution in [3.8, 4) is 22.3 Å². The van der Waals surface area contributed by atoms with E-state index in [0.717, 1.165) is 61.1 Å². The minimum Gasteiger partial charge on any atom is -0.207 e. The molecule has 1 saturated carbocycles. The third-order valence-electron chi connectivity index (χ3n) is 7.11. The van der Waals surface area contributed by atoms with Gasteiger partial charge in [0.2, 0.25) is 0 Å². The monoisotopic (exact) mass is 462 g/mol. The predicted octanol–water partition coefficient (Wildman–Crippen LogP) is 9.63. The van der Waals surface area contributed by atoms with Crippen molar-refractivity contribution in [3.05, 3.63) is 95.3 Å². The molecule has 3 aromatic rings. The van der Waals surface area contributed by atoms with Crippen LogP contribution in [0.25, 0.3) is 22.3 Å². The van der Waals surface area contributed by atoms with Crippen LogP contribution >= 0.6 is 0 Å². The zero-order chi connectivity index (χ0) is 24.1. The Balaban J connectivity index is 1.51. The van der Waals surface area contributed by atoms with Crippen molar-refractivity contribution in [1.29, 1.82) is 0 Å². The SMILES string of the molecule is CCC/C=C\Cc1ccc(-c2ccc(-c3ccc(C4CCC(C)CC4)c(F)c3)cc2)c(F)c1F. The first-order chi connectivity index (χ1) is 16.5. The van der Waals surface area contributed by atoms with Gasteiger partial charge in [-0.25, -0.2) is 13.2 Å². The summed E-state index contributed by atoms with van der Waals surface area (Å²) >= 11 is 0. The van der Waals surface area contributed by atoms with Crippen LogP contribution in [0.5, 0.6) is 0 Å². The van der Waals surface area contributed by atoms with E-state index in [9.17, 15) is 13.2 Å². The van der Waals surface area contributed by atoms with Crippen LogP contribution in [0.2, 0.25) is 0 Å². The molecule has 1 aliphatic rings. The molecule has 0 amide bonds. The second-order valence-electron chi connectivity index (χ2n) is 9.63. The van der Waals surface area contributed by atoms with E-state index >= 15 is 0 Å². The highest BCUT2D eigenvalue weighted by Crippen LogP contribution is 2.38. The second kappa shape index (κ2) is 11.1. The number of hydrogen-bond acceptors (Lipinski definition) is 0. The molecule has 3 heteroatoms. The van der Waals surface area contributed by atoms with E-state index in [1.54, 1.807) is 30.3 Å². The normalized spacial score (nSPS) is 18.5. The number of hydrogen-bond donors (Lipinski definition) is 0. The lowest BCUT2D eigenvalue weighted by atomic mass is 9.79. The Bertz CT molecular complexity index is 1140. The highest BCUT2D eigenvalue weighted by atomic mass is 19.2. The van der Waals surface area contributed by atoms with E-state index in [1.807, 2.05) is 36.4 Å². The maximum atomic E-state index is 14.9. The third-order valence-corrected chi connectivity index (χ3v) is 7.11. The first-order valence-electron chi connectivity index (χ1n) is 12.5. The summed E-state index contributed by atoms with van der Waals surface area (Å²) in [6.45, 7) is 4.34. The van der Waals surface area contributed by atoms with Crippen LogP contribution in [0.4, 0.5) is 13.2 Å². The Kier molecular flexibility index (Phi) is 7.92. The second-order valence-corrected chi connectivity index (χ2v) is 9.63. The van der Waals surface area contributed by atoms with Crippen molar-refractivity contribution < 1.29 is 13.2 Å². The minimum atomic E-state index is -0.827. The van der Waals surface area contributed by atoms with Gasteiger partial charge in [0.1, 0.15) is 5.82 Å². The highest BCUT2D eigenvalue weighted by Gasteiger charge is 2.22. The molecular weight excluding hydrogens is 429 g/mol. The molecule has 0 aliphatic heterocycles. The molecule has 1 aliphatic carbocycles. The van der Waals surface area contributed by atoms with Gasteiger partial charge in [-0.05, 0) is 71.4 Å². The summed E-state index contributed by atoms with van der Waals surface area (Å²) in [4.78, 5) is 0. The average Bonchev–Trinajstić information content (AvgIpc) is 2.85. The lowest BCUT2D eigenvalue weighted by Gasteiger charge is -2.26. The fourth-order valence-electron chi connectivity index (χ4n) is 4.92. The van der Waals surface area contributed by atoms with Gasteiger partial charge in [-0.2, -0.15) is 0 Å². The van der Waals surface area contributed by atoms with Crippen LogP contribution in [0, 0.1) is 23.4 Å². The van der Waals surface area contributed by atoms with Gasteiger partial charge in [-0.15, -0.1) is 0 Å². The van der Waals surface area contributed by atoms with Crippen molar-refractivity contribution in [1.82, 2.24) is 0 Å². The quantitative estimate of drug-likeness (QED) is 0.307. The molecule has 0 spiro atoms. The van der Waals surface area contributed by atoms with Gasteiger partial charge in [0.25, 0.3) is 0 Å². The van der Waals surface area contributed by atoms with Gasteiger partial charge < -0.3 is 0 Å². The van der Waals surface area contributed by atoms with E-state index in [-0.39, 0.29) is 11.4 Å². The molecule has 0 atom stereocenters. The molecule has 0 bridgehead atoms. The summed E-state index contributed by atoms with van der Waals surface area (Å²) in [7, 11) is 0. The first-order valence-corrected chi connectivity index (χ1v) is 12.5. The highest BCUT2D eigenvalue weighted by molar-refractivity contribution is 5.71. The average molecular weight is 463 g/mol. The topological polar surface area (TPSA) is 0 Å². The Labute approximate surface area is 201 Å². The summed E-state index contributed by atoms with van der Waals surface area (Å²) in [5.41, 5.74) is 3.64. The van der Waals surface area contributed by atoms with Gasteiger partial charge in [-0.3, -0.25) is 0 Å². The van der Waals surface area contributed by atoms with Gasteiger partial charge in [0.15, 0.2) is 11.6 Å². The zero-order valence-electron chi connectivity index (χ0n) is 20.1. The van der Waals surface area contributed by atoms with Crippen LogP contribution in [0.3, 0.4) is 0 Å². The van der Waals surface area contributed by atoms with Crippen molar-refractivity contribution in [3.63, 3.8) is 0 Å². The predicted molar refractivity (Wildman–Crippen MR) is 135 cm³/mol. The maximum absolute atomic E-state index is 14.9. The smallest absolute Gasteiger partial charge is 0.166 e. The molecule has 0 saturated heterocycles. The molecule has 0 unspecified atom stereocenters. The van der Waals surface area contributed by atoms with Crippen LogP contribution < -0.4 is 0 Å². The number of unbranched alkanes of at least 4 members (excludes halogenated alkanes) is 1. The summed E-state index contributed by atoms with van der Waals surface area (Å²) in [6.07, 6.45) is 10.6. The van der Waals surface area contributed by atoms with Crippen molar-refractivity contribution in [2.24, 2.45) is 5.92 Å². The minimum absolute atomic E-state index is 0.155. The van der Waals surface area contributed by atoms with Gasteiger partial charge in [0.05, 0.1) is 0 Å². The molecule has 3 aromatic carbocycles. The molecule has 4 rings (SSSR count). The molecule has 0 heterocycles. The van der Waals surface area contributed by atoms with Crippen LogP contribution in [0.15, 0.2) is 66.7 Å². The van der Waals surface area contributed by atoms with Crippen LogP contribution in [-0.2, 0) is 6.42 Å². The molecule has 0 aromatic heterocycles. The van der Waals surface area contributed by atoms with Gasteiger partial charge >= 0.3 is 0 Å². The largest absolute Gasteiger partial charge is 0.207 e.